The van der Waals surface area contributed by atoms with Gasteiger partial charge in [-0.05, 0) is 50.2 Å². The first-order valence-electron chi connectivity index (χ1n) is 14.1. The number of benzene rings is 2. The van der Waals surface area contributed by atoms with Gasteiger partial charge in [-0.3, -0.25) is 14.4 Å². The van der Waals surface area contributed by atoms with Gasteiger partial charge in [-0.2, -0.15) is 5.06 Å². The number of fused-ring (bicyclic) bond motifs is 1. The number of anilines is 2. The molecule has 1 fully saturated rings. The molecule has 0 spiro atoms. The number of aromatic nitrogens is 1. The first-order valence-corrected chi connectivity index (χ1v) is 14.1. The van der Waals surface area contributed by atoms with Crippen molar-refractivity contribution >= 4 is 34.2 Å². The van der Waals surface area contributed by atoms with Crippen LogP contribution in [0.2, 0.25) is 0 Å². The van der Waals surface area contributed by atoms with Gasteiger partial charge in [-0.25, -0.2) is 9.18 Å². The largest absolute Gasteiger partial charge is 0.477 e. The van der Waals surface area contributed by atoms with Crippen LogP contribution in [0.1, 0.15) is 36.2 Å². The molecule has 2 atom stereocenters. The number of amides is 1. The van der Waals surface area contributed by atoms with Crippen LogP contribution in [0.25, 0.3) is 10.9 Å². The van der Waals surface area contributed by atoms with Crippen molar-refractivity contribution < 1.29 is 29.0 Å². The number of hydrogen-bond donors (Lipinski definition) is 4. The zero-order chi connectivity index (χ0) is 30.4. The summed E-state index contributed by atoms with van der Waals surface area (Å²) in [6.07, 6.45) is 1.09. The molecule has 226 valence electrons. The van der Waals surface area contributed by atoms with E-state index >= 15 is 4.39 Å². The zero-order valence-electron chi connectivity index (χ0n) is 24.1. The number of aromatic carboxylic acids is 1. The van der Waals surface area contributed by atoms with E-state index in [-0.39, 0.29) is 22.8 Å². The molecule has 1 saturated heterocycles. The molecule has 1 aliphatic heterocycles. The minimum atomic E-state index is -1.34. The van der Waals surface area contributed by atoms with E-state index in [9.17, 15) is 24.6 Å². The summed E-state index contributed by atoms with van der Waals surface area (Å²) in [6, 6.07) is 10.1. The molecule has 1 amide bonds. The van der Waals surface area contributed by atoms with Crippen molar-refractivity contribution in [3.8, 4) is 0 Å². The number of aryl methyl sites for hydroxylation is 1. The lowest BCUT2D eigenvalue weighted by molar-refractivity contribution is -0.171. The smallest absolute Gasteiger partial charge is 0.341 e. The fraction of sp³-hybridized carbons (Fsp3) is 0.433. The summed E-state index contributed by atoms with van der Waals surface area (Å²) >= 11 is 0. The zero-order valence-corrected chi connectivity index (χ0v) is 24.1. The second-order valence-corrected chi connectivity index (χ2v) is 10.5. The number of carboxylic acids is 1. The van der Waals surface area contributed by atoms with Crippen LogP contribution in [-0.4, -0.2) is 77.6 Å². The summed E-state index contributed by atoms with van der Waals surface area (Å²) in [4.78, 5) is 44.4. The highest BCUT2D eigenvalue weighted by Gasteiger charge is 2.23. The molecule has 2 aromatic carbocycles. The number of piperazine rings is 1. The molecule has 0 bridgehead atoms. The van der Waals surface area contributed by atoms with Gasteiger partial charge in [-0.1, -0.05) is 19.1 Å². The molecular formula is C30H38FN5O6. The normalized spacial score (nSPS) is 15.5. The molecular weight excluding hydrogens is 545 g/mol. The Balaban J connectivity index is 1.31. The second kappa shape index (κ2) is 13.9. The Morgan fingerprint density at radius 1 is 1.12 bits per heavy atom. The van der Waals surface area contributed by atoms with E-state index in [0.717, 1.165) is 11.6 Å². The van der Waals surface area contributed by atoms with E-state index in [0.29, 0.717) is 69.2 Å². The number of pyridine rings is 1. The topological polar surface area (TPSA) is 136 Å². The second-order valence-electron chi connectivity index (χ2n) is 10.5. The molecule has 1 unspecified atom stereocenters. The molecule has 42 heavy (non-hydrogen) atoms. The fourth-order valence-electron chi connectivity index (χ4n) is 5.06. The quantitative estimate of drug-likeness (QED) is 0.254. The molecule has 11 nitrogen and oxygen atoms in total. The third kappa shape index (κ3) is 7.32. The molecule has 1 aromatic heterocycles. The van der Waals surface area contributed by atoms with Gasteiger partial charge in [0.2, 0.25) is 11.3 Å². The van der Waals surface area contributed by atoms with Crippen LogP contribution in [0.4, 0.5) is 15.8 Å². The number of nitrogens with one attached hydrogen (secondary N) is 2. The molecule has 0 saturated carbocycles. The number of hydroxylamine groups is 2. The maximum atomic E-state index is 15.1. The lowest BCUT2D eigenvalue weighted by Gasteiger charge is -2.35. The molecule has 12 heteroatoms. The lowest BCUT2D eigenvalue weighted by atomic mass is 10.0. The Labute approximate surface area is 243 Å². The van der Waals surface area contributed by atoms with Crippen LogP contribution >= 0.6 is 0 Å². The third-order valence-electron chi connectivity index (χ3n) is 7.45. The van der Waals surface area contributed by atoms with Crippen LogP contribution < -0.4 is 21.0 Å². The SMILES string of the molecule is CCn1cc(C(=O)O)c(=O)c2cc(F)c(N3CCN(OCc4ccc(NC(=O)[C@H](C)CC(O)CNC)cc4)CC3)cc21. The standard InChI is InChI=1S/C30H38FN5O6/c1-4-34-17-24(30(40)41)28(38)23-14-25(31)27(15-26(23)34)35-9-11-36(12-10-35)42-18-20-5-7-21(8-6-20)33-29(39)19(2)13-22(37)16-32-3/h5-8,14-15,17,19,22,32,37H,4,9-13,16,18H2,1-3H3,(H,33,39)(H,40,41)/t19-,22?/m1/s1. The van der Waals surface area contributed by atoms with Crippen molar-refractivity contribution in [3.05, 3.63) is 69.8 Å². The summed E-state index contributed by atoms with van der Waals surface area (Å²) in [5, 5.41) is 26.9. The van der Waals surface area contributed by atoms with E-state index < -0.39 is 23.3 Å². The summed E-state index contributed by atoms with van der Waals surface area (Å²) in [6.45, 7) is 6.86. The number of rotatable bonds is 12. The minimum Gasteiger partial charge on any atom is -0.477 e. The predicted octanol–water partition coefficient (Wildman–Crippen LogP) is 2.66. The summed E-state index contributed by atoms with van der Waals surface area (Å²) in [5.41, 5.74) is 1.35. The van der Waals surface area contributed by atoms with Crippen molar-refractivity contribution in [2.45, 2.75) is 39.5 Å². The van der Waals surface area contributed by atoms with Gasteiger partial charge < -0.3 is 30.3 Å². The van der Waals surface area contributed by atoms with E-state index in [1.807, 2.05) is 41.2 Å². The molecule has 4 rings (SSSR count). The summed E-state index contributed by atoms with van der Waals surface area (Å²) in [5.74, 6) is -2.40. The first kappa shape index (κ1) is 31.1. The van der Waals surface area contributed by atoms with Crippen LogP contribution in [-0.2, 0) is 22.8 Å². The average molecular weight is 584 g/mol. The Hall–Kier alpha value is -3.84. The lowest BCUT2D eigenvalue weighted by Crippen LogP contribution is -2.46. The van der Waals surface area contributed by atoms with Gasteiger partial charge in [0.1, 0.15) is 11.4 Å². The molecule has 3 aromatic rings. The Bertz CT molecular complexity index is 1470. The highest BCUT2D eigenvalue weighted by molar-refractivity contribution is 5.94. The maximum absolute atomic E-state index is 15.1. The minimum absolute atomic E-state index is 0.0448. The van der Waals surface area contributed by atoms with Crippen molar-refractivity contribution in [1.29, 1.82) is 0 Å². The van der Waals surface area contributed by atoms with Crippen LogP contribution in [0, 0.1) is 11.7 Å². The Morgan fingerprint density at radius 2 is 1.81 bits per heavy atom. The first-order chi connectivity index (χ1) is 20.1. The molecule has 4 N–H and O–H groups in total. The van der Waals surface area contributed by atoms with Gasteiger partial charge in [0, 0.05) is 62.5 Å². The molecule has 0 aliphatic carbocycles. The highest BCUT2D eigenvalue weighted by Crippen LogP contribution is 2.26. The molecule has 2 heterocycles. The Morgan fingerprint density at radius 3 is 2.43 bits per heavy atom. The van der Waals surface area contributed by atoms with E-state index in [1.165, 1.54) is 6.20 Å². The van der Waals surface area contributed by atoms with Gasteiger partial charge in [0.25, 0.3) is 0 Å². The van der Waals surface area contributed by atoms with E-state index in [2.05, 4.69) is 10.6 Å². The highest BCUT2D eigenvalue weighted by atomic mass is 19.1. The average Bonchev–Trinajstić information content (AvgIpc) is 2.97. The maximum Gasteiger partial charge on any atom is 0.341 e. The van der Waals surface area contributed by atoms with Crippen LogP contribution in [0.15, 0.2) is 47.4 Å². The number of nitrogens with zero attached hydrogens (tertiary/aromatic N) is 3. The number of carbonyl (C=O) groups excluding carboxylic acids is 1. The van der Waals surface area contributed by atoms with Crippen molar-refractivity contribution in [2.24, 2.45) is 5.92 Å². The summed E-state index contributed by atoms with van der Waals surface area (Å²) < 4.78 is 16.8. The van der Waals surface area contributed by atoms with Gasteiger partial charge in [0.15, 0.2) is 0 Å². The van der Waals surface area contributed by atoms with Gasteiger partial charge in [0.05, 0.1) is 23.9 Å². The molecule has 0 radical (unpaired) electrons. The van der Waals surface area contributed by atoms with Crippen LogP contribution in [0.3, 0.4) is 0 Å². The number of carbonyl (C=O) groups is 2. The number of likely N-dealkylation sites (N-methyl/N-ethyl adjacent to an activating group) is 1. The van der Waals surface area contributed by atoms with Crippen molar-refractivity contribution in [3.63, 3.8) is 0 Å². The fourth-order valence-corrected chi connectivity index (χ4v) is 5.06. The number of halogens is 1. The van der Waals surface area contributed by atoms with Gasteiger partial charge in [-0.15, -0.1) is 0 Å². The number of aliphatic hydroxyl groups is 1. The van der Waals surface area contributed by atoms with Crippen LogP contribution in [0.5, 0.6) is 0 Å². The summed E-state index contributed by atoms with van der Waals surface area (Å²) in [7, 11) is 1.75. The Kier molecular flexibility index (Phi) is 10.3. The van der Waals surface area contributed by atoms with E-state index in [1.54, 1.807) is 24.6 Å². The monoisotopic (exact) mass is 583 g/mol. The number of aliphatic hydroxyl groups excluding tert-OH is 1. The number of hydrogen-bond acceptors (Lipinski definition) is 8. The van der Waals surface area contributed by atoms with Crippen molar-refractivity contribution in [2.75, 3.05) is 50.0 Å². The predicted molar refractivity (Wildman–Crippen MR) is 158 cm³/mol. The van der Waals surface area contributed by atoms with E-state index in [4.69, 9.17) is 4.84 Å². The third-order valence-corrected chi connectivity index (χ3v) is 7.45. The van der Waals surface area contributed by atoms with Gasteiger partial charge >= 0.3 is 5.97 Å². The van der Waals surface area contributed by atoms with Crippen molar-refractivity contribution in [1.82, 2.24) is 14.9 Å². The molecule has 1 aliphatic rings. The number of carboxylic acid groups (broad SMARTS) is 1.